The molecule has 1 aromatic carbocycles. The van der Waals surface area contributed by atoms with Crippen molar-refractivity contribution in [2.45, 2.75) is 32.4 Å². The number of thiazole rings is 1. The molecule has 148 valence electrons. The van der Waals surface area contributed by atoms with Gasteiger partial charge in [0, 0.05) is 37.5 Å². The van der Waals surface area contributed by atoms with Gasteiger partial charge in [-0.05, 0) is 24.9 Å². The van der Waals surface area contributed by atoms with Gasteiger partial charge in [-0.2, -0.15) is 0 Å². The molecular formula is C19H26Cl2N4OS. The first kappa shape index (κ1) is 22.1. The van der Waals surface area contributed by atoms with E-state index in [-0.39, 0.29) is 36.6 Å². The fourth-order valence-corrected chi connectivity index (χ4v) is 4.61. The summed E-state index contributed by atoms with van der Waals surface area (Å²) >= 11 is 1.64. The van der Waals surface area contributed by atoms with Gasteiger partial charge < -0.3 is 10.6 Å². The predicted molar refractivity (Wildman–Crippen MR) is 115 cm³/mol. The van der Waals surface area contributed by atoms with Gasteiger partial charge >= 0.3 is 0 Å². The maximum Gasteiger partial charge on any atom is 0.230 e. The van der Waals surface area contributed by atoms with Gasteiger partial charge in [0.05, 0.1) is 11.6 Å². The van der Waals surface area contributed by atoms with E-state index in [9.17, 15) is 4.79 Å². The second-order valence-electron chi connectivity index (χ2n) is 6.87. The Morgan fingerprint density at radius 3 is 2.85 bits per heavy atom. The van der Waals surface area contributed by atoms with Gasteiger partial charge in [-0.1, -0.05) is 30.3 Å². The normalized spacial score (nSPS) is 19.3. The summed E-state index contributed by atoms with van der Waals surface area (Å²) in [5, 5.41) is 7.10. The van der Waals surface area contributed by atoms with Gasteiger partial charge in [0.1, 0.15) is 0 Å². The Labute approximate surface area is 176 Å². The summed E-state index contributed by atoms with van der Waals surface area (Å²) in [4.78, 5) is 20.8. The average Bonchev–Trinajstić information content (AvgIpc) is 3.05. The largest absolute Gasteiger partial charge is 0.316 e. The summed E-state index contributed by atoms with van der Waals surface area (Å²) in [7, 11) is 0. The molecule has 1 fully saturated rings. The number of anilines is 1. The number of piperidine rings is 1. The number of hydrogen-bond acceptors (Lipinski definition) is 5. The molecule has 3 heterocycles. The molecule has 2 N–H and O–H groups in total. The third-order valence-electron chi connectivity index (χ3n) is 4.96. The summed E-state index contributed by atoms with van der Waals surface area (Å²) in [6, 6.07) is 10.6. The third-order valence-corrected chi connectivity index (χ3v) is 5.95. The van der Waals surface area contributed by atoms with Gasteiger partial charge in [-0.15, -0.1) is 36.2 Å². The SMILES string of the molecule is Cl.Cl.O=C(Nc1nc2c(s1)CN(Cc1ccccc1)CC2)C1CCCNC1. The highest BCUT2D eigenvalue weighted by Gasteiger charge is 2.24. The Morgan fingerprint density at radius 1 is 1.30 bits per heavy atom. The number of carbonyl (C=O) groups excluding carboxylic acids is 1. The van der Waals surface area contributed by atoms with Crippen LogP contribution >= 0.6 is 36.2 Å². The monoisotopic (exact) mass is 428 g/mol. The van der Waals surface area contributed by atoms with E-state index in [2.05, 4.69) is 50.8 Å². The fraction of sp³-hybridized carbons (Fsp3) is 0.474. The van der Waals surface area contributed by atoms with Crippen molar-refractivity contribution in [2.24, 2.45) is 5.92 Å². The standard InChI is InChI=1S/C19H24N4OS.2ClH/c24-18(15-7-4-9-20-11-15)22-19-21-16-8-10-23(13-17(16)25-19)12-14-5-2-1-3-6-14;;/h1-3,5-6,15,20H,4,7-13H2,(H,21,22,24);2*1H. The van der Waals surface area contributed by atoms with Gasteiger partial charge in [-0.25, -0.2) is 4.98 Å². The molecule has 0 saturated carbocycles. The van der Waals surface area contributed by atoms with Crippen LogP contribution in [0.4, 0.5) is 5.13 Å². The Balaban J connectivity index is 0.00000131. The van der Waals surface area contributed by atoms with Crippen molar-refractivity contribution in [2.75, 3.05) is 25.0 Å². The Kier molecular flexibility index (Phi) is 8.51. The first-order valence-electron chi connectivity index (χ1n) is 9.04. The number of aromatic nitrogens is 1. The summed E-state index contributed by atoms with van der Waals surface area (Å²) < 4.78 is 0. The van der Waals surface area contributed by atoms with E-state index in [0.717, 1.165) is 62.8 Å². The molecule has 1 atom stereocenters. The second kappa shape index (κ2) is 10.4. The minimum absolute atomic E-state index is 0. The van der Waals surface area contributed by atoms with Crippen molar-refractivity contribution in [1.82, 2.24) is 15.2 Å². The number of nitrogens with zero attached hydrogens (tertiary/aromatic N) is 2. The van der Waals surface area contributed by atoms with Crippen LogP contribution in [0.2, 0.25) is 0 Å². The number of benzene rings is 1. The molecule has 2 aliphatic heterocycles. The van der Waals surface area contributed by atoms with Crippen LogP contribution in [-0.4, -0.2) is 35.4 Å². The number of rotatable bonds is 4. The summed E-state index contributed by atoms with van der Waals surface area (Å²) in [5.41, 5.74) is 2.50. The molecule has 1 amide bonds. The molecule has 2 aromatic rings. The smallest absolute Gasteiger partial charge is 0.230 e. The maximum absolute atomic E-state index is 12.4. The molecule has 8 heteroatoms. The molecule has 1 aromatic heterocycles. The van der Waals surface area contributed by atoms with E-state index in [1.165, 1.54) is 10.4 Å². The predicted octanol–water partition coefficient (Wildman–Crippen LogP) is 3.48. The molecule has 27 heavy (non-hydrogen) atoms. The Hall–Kier alpha value is -1.18. The van der Waals surface area contributed by atoms with Crippen LogP contribution in [0.5, 0.6) is 0 Å². The number of nitrogens with one attached hydrogen (secondary N) is 2. The Bertz CT molecular complexity index is 735. The molecule has 1 unspecified atom stereocenters. The van der Waals surface area contributed by atoms with Crippen LogP contribution in [0.1, 0.15) is 29.0 Å². The van der Waals surface area contributed by atoms with E-state index in [4.69, 9.17) is 0 Å². The molecule has 0 radical (unpaired) electrons. The molecule has 0 bridgehead atoms. The lowest BCUT2D eigenvalue weighted by atomic mass is 9.99. The van der Waals surface area contributed by atoms with E-state index < -0.39 is 0 Å². The highest BCUT2D eigenvalue weighted by molar-refractivity contribution is 7.15. The second-order valence-corrected chi connectivity index (χ2v) is 7.95. The lowest BCUT2D eigenvalue weighted by Crippen LogP contribution is -2.37. The number of fused-ring (bicyclic) bond motifs is 1. The van der Waals surface area contributed by atoms with Crippen molar-refractivity contribution < 1.29 is 4.79 Å². The molecule has 2 aliphatic rings. The molecule has 0 aliphatic carbocycles. The zero-order valence-corrected chi connectivity index (χ0v) is 17.6. The zero-order chi connectivity index (χ0) is 17.1. The highest BCUT2D eigenvalue weighted by atomic mass is 35.5. The zero-order valence-electron chi connectivity index (χ0n) is 15.1. The molecular weight excluding hydrogens is 403 g/mol. The summed E-state index contributed by atoms with van der Waals surface area (Å²) in [5.74, 6) is 0.184. The van der Waals surface area contributed by atoms with Crippen molar-refractivity contribution >= 4 is 47.2 Å². The van der Waals surface area contributed by atoms with Gasteiger partial charge in [0.2, 0.25) is 5.91 Å². The fourth-order valence-electron chi connectivity index (χ4n) is 3.56. The lowest BCUT2D eigenvalue weighted by molar-refractivity contribution is -0.120. The first-order chi connectivity index (χ1) is 12.3. The number of amides is 1. The molecule has 1 saturated heterocycles. The van der Waals surface area contributed by atoms with Crippen molar-refractivity contribution in [3.8, 4) is 0 Å². The van der Waals surface area contributed by atoms with E-state index >= 15 is 0 Å². The van der Waals surface area contributed by atoms with Crippen molar-refractivity contribution in [3.63, 3.8) is 0 Å². The van der Waals surface area contributed by atoms with Gasteiger partial charge in [0.15, 0.2) is 5.13 Å². The molecule has 0 spiro atoms. The number of carbonyl (C=O) groups is 1. The van der Waals surface area contributed by atoms with Crippen molar-refractivity contribution in [1.29, 1.82) is 0 Å². The topological polar surface area (TPSA) is 57.3 Å². The summed E-state index contributed by atoms with van der Waals surface area (Å²) in [6.07, 6.45) is 3.00. The van der Waals surface area contributed by atoms with Crippen LogP contribution in [-0.2, 0) is 24.3 Å². The molecule has 4 rings (SSSR count). The quantitative estimate of drug-likeness (QED) is 0.782. The first-order valence-corrected chi connectivity index (χ1v) is 9.86. The Morgan fingerprint density at radius 2 is 2.11 bits per heavy atom. The van der Waals surface area contributed by atoms with Crippen LogP contribution in [0.25, 0.3) is 0 Å². The number of hydrogen-bond donors (Lipinski definition) is 2. The van der Waals surface area contributed by atoms with Crippen LogP contribution in [0.15, 0.2) is 30.3 Å². The van der Waals surface area contributed by atoms with Gasteiger partial charge in [-0.3, -0.25) is 9.69 Å². The van der Waals surface area contributed by atoms with Crippen molar-refractivity contribution in [3.05, 3.63) is 46.5 Å². The maximum atomic E-state index is 12.4. The minimum atomic E-state index is 0. The van der Waals surface area contributed by atoms with E-state index in [0.29, 0.717) is 0 Å². The summed E-state index contributed by atoms with van der Waals surface area (Å²) in [6.45, 7) is 4.70. The minimum Gasteiger partial charge on any atom is -0.316 e. The van der Waals surface area contributed by atoms with E-state index in [1.807, 2.05) is 0 Å². The van der Waals surface area contributed by atoms with Crippen LogP contribution in [0, 0.1) is 5.92 Å². The lowest BCUT2D eigenvalue weighted by Gasteiger charge is -2.25. The molecule has 5 nitrogen and oxygen atoms in total. The highest BCUT2D eigenvalue weighted by Crippen LogP contribution is 2.29. The third kappa shape index (κ3) is 5.65. The van der Waals surface area contributed by atoms with Crippen LogP contribution in [0.3, 0.4) is 0 Å². The van der Waals surface area contributed by atoms with Gasteiger partial charge in [0.25, 0.3) is 0 Å². The average molecular weight is 429 g/mol. The number of halogens is 2. The van der Waals surface area contributed by atoms with Crippen LogP contribution < -0.4 is 10.6 Å². The van der Waals surface area contributed by atoms with E-state index in [1.54, 1.807) is 11.3 Å².